The zero-order chi connectivity index (χ0) is 13.0. The Bertz CT molecular complexity index is 323. The van der Waals surface area contributed by atoms with Crippen LogP contribution in [0, 0.1) is 22.7 Å². The molecule has 2 heteroatoms. The van der Waals surface area contributed by atoms with Crippen molar-refractivity contribution in [2.24, 2.45) is 22.7 Å². The number of rotatable bonds is 5. The second-order valence-electron chi connectivity index (χ2n) is 7.67. The summed E-state index contributed by atoms with van der Waals surface area (Å²) in [6.07, 6.45) is 7.37. The molecule has 1 N–H and O–H groups in total. The Morgan fingerprint density at radius 1 is 1.22 bits per heavy atom. The van der Waals surface area contributed by atoms with Crippen LogP contribution in [0.4, 0.5) is 0 Å². The molecule has 3 fully saturated rings. The highest BCUT2D eigenvalue weighted by Gasteiger charge is 2.61. The maximum atomic E-state index is 6.37. The molecule has 3 aliphatic carbocycles. The number of nitrogens with one attached hydrogen (secondary N) is 1. The first kappa shape index (κ1) is 12.9. The summed E-state index contributed by atoms with van der Waals surface area (Å²) in [7, 11) is 2.08. The van der Waals surface area contributed by atoms with Gasteiger partial charge in [-0.15, -0.1) is 0 Å². The lowest BCUT2D eigenvalue weighted by molar-refractivity contribution is -0.0545. The van der Waals surface area contributed by atoms with Crippen molar-refractivity contribution in [3.05, 3.63) is 0 Å². The van der Waals surface area contributed by atoms with E-state index in [1.165, 1.54) is 32.1 Å². The molecule has 2 nitrogen and oxygen atoms in total. The van der Waals surface area contributed by atoms with Gasteiger partial charge in [-0.25, -0.2) is 0 Å². The summed E-state index contributed by atoms with van der Waals surface area (Å²) in [4.78, 5) is 0. The standard InChI is InChI=1S/C16H29NO/c1-15(2)12-7-8-16(15,3)14(9-12)18-10-13(17-4)11-5-6-11/h11-14,17H,5-10H2,1-4H3. The molecule has 0 aromatic heterocycles. The molecule has 4 atom stereocenters. The van der Waals surface area contributed by atoms with Crippen LogP contribution in [0.2, 0.25) is 0 Å². The van der Waals surface area contributed by atoms with Crippen LogP contribution in [0.3, 0.4) is 0 Å². The predicted octanol–water partition coefficient (Wildman–Crippen LogP) is 3.22. The van der Waals surface area contributed by atoms with E-state index in [2.05, 4.69) is 33.1 Å². The summed E-state index contributed by atoms with van der Waals surface area (Å²) >= 11 is 0. The van der Waals surface area contributed by atoms with E-state index in [0.717, 1.165) is 18.4 Å². The Morgan fingerprint density at radius 3 is 2.39 bits per heavy atom. The zero-order valence-corrected chi connectivity index (χ0v) is 12.5. The third-order valence-electron chi connectivity index (χ3n) is 6.75. The fraction of sp³-hybridized carbons (Fsp3) is 1.00. The molecule has 2 bridgehead atoms. The maximum absolute atomic E-state index is 6.37. The first-order chi connectivity index (χ1) is 8.49. The maximum Gasteiger partial charge on any atom is 0.0637 e. The second-order valence-corrected chi connectivity index (χ2v) is 7.67. The van der Waals surface area contributed by atoms with Gasteiger partial charge < -0.3 is 10.1 Å². The van der Waals surface area contributed by atoms with Crippen molar-refractivity contribution in [3.63, 3.8) is 0 Å². The van der Waals surface area contributed by atoms with Crippen LogP contribution < -0.4 is 5.32 Å². The van der Waals surface area contributed by atoms with Crippen LogP contribution in [0.5, 0.6) is 0 Å². The van der Waals surface area contributed by atoms with Crippen LogP contribution in [0.25, 0.3) is 0 Å². The van der Waals surface area contributed by atoms with Crippen molar-refractivity contribution in [2.75, 3.05) is 13.7 Å². The van der Waals surface area contributed by atoms with E-state index in [9.17, 15) is 0 Å². The van der Waals surface area contributed by atoms with Gasteiger partial charge in [-0.05, 0) is 61.8 Å². The van der Waals surface area contributed by atoms with E-state index < -0.39 is 0 Å². The topological polar surface area (TPSA) is 21.3 Å². The Kier molecular flexibility index (Phi) is 3.02. The molecule has 18 heavy (non-hydrogen) atoms. The molecule has 3 rings (SSSR count). The van der Waals surface area contributed by atoms with Crippen LogP contribution in [-0.2, 0) is 4.74 Å². The van der Waals surface area contributed by atoms with E-state index in [1.54, 1.807) is 0 Å². The van der Waals surface area contributed by atoms with Gasteiger partial charge in [0, 0.05) is 6.04 Å². The Morgan fingerprint density at radius 2 is 1.94 bits per heavy atom. The highest BCUT2D eigenvalue weighted by atomic mass is 16.5. The summed E-state index contributed by atoms with van der Waals surface area (Å²) in [5, 5.41) is 3.44. The molecular formula is C16H29NO. The highest BCUT2D eigenvalue weighted by molar-refractivity contribution is 5.11. The molecule has 0 amide bonds. The van der Waals surface area contributed by atoms with Crippen LogP contribution in [0.1, 0.15) is 52.9 Å². The monoisotopic (exact) mass is 251 g/mol. The largest absolute Gasteiger partial charge is 0.376 e. The van der Waals surface area contributed by atoms with Crippen LogP contribution in [-0.4, -0.2) is 25.8 Å². The lowest BCUT2D eigenvalue weighted by Gasteiger charge is -2.39. The van der Waals surface area contributed by atoms with E-state index in [1.807, 2.05) is 0 Å². The van der Waals surface area contributed by atoms with Crippen molar-refractivity contribution in [2.45, 2.75) is 65.0 Å². The van der Waals surface area contributed by atoms with Gasteiger partial charge in [0.15, 0.2) is 0 Å². The number of hydrogen-bond donors (Lipinski definition) is 1. The number of ether oxygens (including phenoxy) is 1. The van der Waals surface area contributed by atoms with Crippen molar-refractivity contribution in [1.29, 1.82) is 0 Å². The van der Waals surface area contributed by atoms with Crippen LogP contribution >= 0.6 is 0 Å². The lowest BCUT2D eigenvalue weighted by atomic mass is 9.70. The normalized spacial score (nSPS) is 43.3. The fourth-order valence-corrected chi connectivity index (χ4v) is 4.56. The molecule has 0 aromatic carbocycles. The summed E-state index contributed by atoms with van der Waals surface area (Å²) in [5.41, 5.74) is 0.895. The molecule has 0 heterocycles. The Balaban J connectivity index is 1.61. The predicted molar refractivity (Wildman–Crippen MR) is 74.5 cm³/mol. The molecule has 3 aliphatic rings. The molecule has 0 saturated heterocycles. The van der Waals surface area contributed by atoms with Crippen molar-refractivity contribution in [3.8, 4) is 0 Å². The lowest BCUT2D eigenvalue weighted by Crippen LogP contribution is -2.40. The van der Waals surface area contributed by atoms with E-state index in [0.29, 0.717) is 23.0 Å². The smallest absolute Gasteiger partial charge is 0.0637 e. The van der Waals surface area contributed by atoms with Gasteiger partial charge in [-0.2, -0.15) is 0 Å². The summed E-state index contributed by atoms with van der Waals surface area (Å²) in [6, 6.07) is 0.593. The number of hydrogen-bond acceptors (Lipinski definition) is 2. The highest BCUT2D eigenvalue weighted by Crippen LogP contribution is 2.66. The molecule has 104 valence electrons. The fourth-order valence-electron chi connectivity index (χ4n) is 4.56. The van der Waals surface area contributed by atoms with E-state index in [-0.39, 0.29) is 0 Å². The summed E-state index contributed by atoms with van der Waals surface area (Å²) < 4.78 is 6.37. The zero-order valence-electron chi connectivity index (χ0n) is 12.5. The average molecular weight is 251 g/mol. The number of likely N-dealkylation sites (N-methyl/N-ethyl adjacent to an activating group) is 1. The van der Waals surface area contributed by atoms with Gasteiger partial charge in [0.2, 0.25) is 0 Å². The molecule has 0 radical (unpaired) electrons. The first-order valence-electron chi connectivity index (χ1n) is 7.78. The minimum atomic E-state index is 0.416. The minimum absolute atomic E-state index is 0.416. The van der Waals surface area contributed by atoms with Crippen LogP contribution in [0.15, 0.2) is 0 Å². The molecular weight excluding hydrogens is 222 g/mol. The third kappa shape index (κ3) is 1.76. The van der Waals surface area contributed by atoms with Gasteiger partial charge in [0.25, 0.3) is 0 Å². The second kappa shape index (κ2) is 4.21. The van der Waals surface area contributed by atoms with Gasteiger partial charge in [0.05, 0.1) is 12.7 Å². The van der Waals surface area contributed by atoms with Crippen molar-refractivity contribution >= 4 is 0 Å². The third-order valence-corrected chi connectivity index (χ3v) is 6.75. The number of fused-ring (bicyclic) bond motifs is 2. The van der Waals surface area contributed by atoms with Crippen molar-refractivity contribution < 1.29 is 4.74 Å². The molecule has 4 unspecified atom stereocenters. The molecule has 0 aromatic rings. The van der Waals surface area contributed by atoms with E-state index >= 15 is 0 Å². The minimum Gasteiger partial charge on any atom is -0.376 e. The van der Waals surface area contributed by atoms with E-state index in [4.69, 9.17) is 4.74 Å². The van der Waals surface area contributed by atoms with Gasteiger partial charge in [-0.1, -0.05) is 20.8 Å². The SMILES string of the molecule is CNC(COC1CC2CCC1(C)C2(C)C)C1CC1. The first-order valence-corrected chi connectivity index (χ1v) is 7.78. The summed E-state index contributed by atoms with van der Waals surface area (Å²) in [5.74, 6) is 1.77. The molecule has 3 saturated carbocycles. The summed E-state index contributed by atoms with van der Waals surface area (Å²) in [6.45, 7) is 8.31. The average Bonchev–Trinajstić information content (AvgIpc) is 3.10. The van der Waals surface area contributed by atoms with Gasteiger partial charge >= 0.3 is 0 Å². The molecule has 0 aliphatic heterocycles. The van der Waals surface area contributed by atoms with Gasteiger partial charge in [-0.3, -0.25) is 0 Å². The van der Waals surface area contributed by atoms with Gasteiger partial charge in [0.1, 0.15) is 0 Å². The van der Waals surface area contributed by atoms with Crippen molar-refractivity contribution in [1.82, 2.24) is 5.32 Å². The Hall–Kier alpha value is -0.0800. The quantitative estimate of drug-likeness (QED) is 0.810. The molecule has 0 spiro atoms. The Labute approximate surface area is 112 Å².